The van der Waals surface area contributed by atoms with Crippen LogP contribution in [-0.4, -0.2) is 34.6 Å². The lowest BCUT2D eigenvalue weighted by atomic mass is 9.51. The van der Waals surface area contributed by atoms with Crippen molar-refractivity contribution in [1.29, 1.82) is 0 Å². The van der Waals surface area contributed by atoms with Gasteiger partial charge < -0.3 is 19.7 Å². The monoisotopic (exact) mass is 360 g/mol. The number of fused-ring (bicyclic) bond motifs is 1. The van der Waals surface area contributed by atoms with Crippen LogP contribution in [0.25, 0.3) is 5.57 Å². The predicted octanol–water partition coefficient (Wildman–Crippen LogP) is 3.48. The topological polar surface area (TPSA) is 73.8 Å². The van der Waals surface area contributed by atoms with E-state index in [-0.39, 0.29) is 36.6 Å². The maximum atomic E-state index is 10.3. The number of hydrogen-bond acceptors (Lipinski definition) is 4. The van der Waals surface area contributed by atoms with Crippen LogP contribution in [0.5, 0.6) is 0 Å². The Morgan fingerprint density at radius 3 is 2.73 bits per heavy atom. The molecule has 144 valence electrons. The van der Waals surface area contributed by atoms with Crippen LogP contribution in [0.3, 0.4) is 0 Å². The highest BCUT2D eigenvalue weighted by molar-refractivity contribution is 5.66. The van der Waals surface area contributed by atoms with Gasteiger partial charge in [0.1, 0.15) is 5.76 Å². The quantitative estimate of drug-likeness (QED) is 0.769. The molecule has 1 aromatic heterocycles. The lowest BCUT2D eigenvalue weighted by Crippen LogP contribution is -2.50. The minimum atomic E-state index is -0.289. The Labute approximate surface area is 155 Å². The van der Waals surface area contributed by atoms with Gasteiger partial charge >= 0.3 is 0 Å². The van der Waals surface area contributed by atoms with E-state index in [0.29, 0.717) is 24.2 Å². The summed E-state index contributed by atoms with van der Waals surface area (Å²) in [5.41, 5.74) is 1.32. The summed E-state index contributed by atoms with van der Waals surface area (Å²) in [5.74, 6) is 2.70. The molecular weight excluding hydrogens is 328 g/mol. The molecule has 0 radical (unpaired) electrons. The zero-order chi connectivity index (χ0) is 18.3. The summed E-state index contributed by atoms with van der Waals surface area (Å²) in [4.78, 5) is 0. The van der Waals surface area contributed by atoms with E-state index in [2.05, 4.69) is 13.0 Å². The lowest BCUT2D eigenvalue weighted by Gasteiger charge is -2.54. The molecule has 0 saturated heterocycles. The Kier molecular flexibility index (Phi) is 5.02. The standard InChI is InChI=1S/C22H32O4/c1-22(9-8-15(25)11-14(22)12-23)20-7-6-16-17(19(20)13-24)4-5-18(16)21-3-2-10-26-21/h2-3,5,10,14-17,19-20,23-25H,4,6-9,11-13H2,1H3/t14-,15+,16+,17-,19+,20+,22+/m1/s1. The molecule has 4 heteroatoms. The van der Waals surface area contributed by atoms with E-state index in [1.54, 1.807) is 6.26 Å². The van der Waals surface area contributed by atoms with Crippen molar-refractivity contribution in [3.63, 3.8) is 0 Å². The average Bonchev–Trinajstić information content (AvgIpc) is 3.31. The molecule has 0 bridgehead atoms. The fourth-order valence-corrected chi connectivity index (χ4v) is 6.50. The number of rotatable bonds is 4. The van der Waals surface area contributed by atoms with Crippen LogP contribution in [0.2, 0.25) is 0 Å². The van der Waals surface area contributed by atoms with Crippen LogP contribution < -0.4 is 0 Å². The van der Waals surface area contributed by atoms with E-state index >= 15 is 0 Å². The van der Waals surface area contributed by atoms with Crippen molar-refractivity contribution in [2.45, 2.75) is 51.6 Å². The summed E-state index contributed by atoms with van der Waals surface area (Å²) >= 11 is 0. The molecule has 0 amide bonds. The molecule has 0 aliphatic heterocycles. The third kappa shape index (κ3) is 2.87. The van der Waals surface area contributed by atoms with Crippen LogP contribution in [0.1, 0.15) is 51.2 Å². The van der Waals surface area contributed by atoms with Gasteiger partial charge in [0.15, 0.2) is 0 Å². The van der Waals surface area contributed by atoms with Gasteiger partial charge in [0, 0.05) is 13.2 Å². The SMILES string of the molecule is C[C@]1([C@H]2CC[C@@H]3C(c4ccco4)=CC[C@H]3[C@@H]2CO)CC[C@H](O)C[C@@H]1CO. The highest BCUT2D eigenvalue weighted by Gasteiger charge is 2.52. The molecule has 1 heterocycles. The lowest BCUT2D eigenvalue weighted by molar-refractivity contribution is -0.0920. The van der Waals surface area contributed by atoms with Gasteiger partial charge in [-0.1, -0.05) is 13.0 Å². The number of hydrogen-bond donors (Lipinski definition) is 3. The van der Waals surface area contributed by atoms with Crippen molar-refractivity contribution in [2.24, 2.45) is 35.0 Å². The van der Waals surface area contributed by atoms with E-state index < -0.39 is 0 Å². The minimum absolute atomic E-state index is 0.000216. The molecule has 3 aliphatic carbocycles. The average molecular weight is 360 g/mol. The number of aliphatic hydroxyl groups is 3. The Balaban J connectivity index is 1.57. The molecule has 3 aliphatic rings. The van der Waals surface area contributed by atoms with E-state index in [1.807, 2.05) is 12.1 Å². The summed E-state index contributed by atoms with van der Waals surface area (Å²) in [5, 5.41) is 30.4. The normalized spacial score (nSPS) is 43.2. The highest BCUT2D eigenvalue weighted by atomic mass is 16.3. The summed E-state index contributed by atoms with van der Waals surface area (Å²) < 4.78 is 5.65. The van der Waals surface area contributed by atoms with Crippen LogP contribution in [0.15, 0.2) is 28.9 Å². The van der Waals surface area contributed by atoms with E-state index in [0.717, 1.165) is 37.9 Å². The number of furan rings is 1. The molecule has 4 rings (SSSR count). The van der Waals surface area contributed by atoms with Crippen molar-refractivity contribution in [2.75, 3.05) is 13.2 Å². The van der Waals surface area contributed by atoms with E-state index in [9.17, 15) is 15.3 Å². The molecular formula is C22H32O4. The molecule has 0 spiro atoms. The van der Waals surface area contributed by atoms with Crippen LogP contribution in [0.4, 0.5) is 0 Å². The smallest absolute Gasteiger partial charge is 0.129 e. The van der Waals surface area contributed by atoms with Crippen LogP contribution >= 0.6 is 0 Å². The van der Waals surface area contributed by atoms with Crippen LogP contribution in [-0.2, 0) is 0 Å². The highest BCUT2D eigenvalue weighted by Crippen LogP contribution is 2.59. The molecule has 0 aromatic carbocycles. The fraction of sp³-hybridized carbons (Fsp3) is 0.727. The molecule has 2 fully saturated rings. The van der Waals surface area contributed by atoms with Gasteiger partial charge in [-0.15, -0.1) is 0 Å². The largest absolute Gasteiger partial charge is 0.465 e. The van der Waals surface area contributed by atoms with E-state index in [4.69, 9.17) is 4.42 Å². The number of aliphatic hydroxyl groups excluding tert-OH is 3. The van der Waals surface area contributed by atoms with Gasteiger partial charge in [0.2, 0.25) is 0 Å². The molecule has 4 nitrogen and oxygen atoms in total. The van der Waals surface area contributed by atoms with Crippen LogP contribution in [0, 0.1) is 35.0 Å². The molecule has 0 unspecified atom stereocenters. The molecule has 2 saturated carbocycles. The van der Waals surface area contributed by atoms with Crippen molar-refractivity contribution >= 4 is 5.57 Å². The van der Waals surface area contributed by atoms with Gasteiger partial charge in [-0.05, 0) is 91.2 Å². The maximum Gasteiger partial charge on any atom is 0.129 e. The summed E-state index contributed by atoms with van der Waals surface area (Å²) in [6.07, 6.45) is 9.40. The first-order valence-corrected chi connectivity index (χ1v) is 10.2. The van der Waals surface area contributed by atoms with Gasteiger partial charge in [0.05, 0.1) is 12.4 Å². The minimum Gasteiger partial charge on any atom is -0.465 e. The van der Waals surface area contributed by atoms with Crippen molar-refractivity contribution in [1.82, 2.24) is 0 Å². The fourth-order valence-electron chi connectivity index (χ4n) is 6.50. The Hall–Kier alpha value is -1.10. The van der Waals surface area contributed by atoms with Gasteiger partial charge in [0.25, 0.3) is 0 Å². The first-order chi connectivity index (χ1) is 12.6. The molecule has 7 atom stereocenters. The molecule has 3 N–H and O–H groups in total. The first-order valence-electron chi connectivity index (χ1n) is 10.2. The second kappa shape index (κ2) is 7.14. The summed E-state index contributed by atoms with van der Waals surface area (Å²) in [7, 11) is 0. The summed E-state index contributed by atoms with van der Waals surface area (Å²) in [6, 6.07) is 3.98. The Morgan fingerprint density at radius 1 is 1.19 bits per heavy atom. The van der Waals surface area contributed by atoms with Gasteiger partial charge in [-0.2, -0.15) is 0 Å². The Bertz CT molecular complexity index is 637. The van der Waals surface area contributed by atoms with Gasteiger partial charge in [-0.3, -0.25) is 0 Å². The van der Waals surface area contributed by atoms with Crippen molar-refractivity contribution in [3.8, 4) is 0 Å². The first kappa shape index (κ1) is 18.3. The second-order valence-corrected chi connectivity index (χ2v) is 8.99. The second-order valence-electron chi connectivity index (χ2n) is 8.99. The summed E-state index contributed by atoms with van der Waals surface area (Å²) in [6.45, 7) is 2.64. The third-order valence-corrected chi connectivity index (χ3v) is 7.97. The maximum absolute atomic E-state index is 10.3. The third-order valence-electron chi connectivity index (χ3n) is 7.97. The predicted molar refractivity (Wildman–Crippen MR) is 100 cm³/mol. The van der Waals surface area contributed by atoms with E-state index in [1.165, 1.54) is 5.57 Å². The number of allylic oxidation sites excluding steroid dienone is 2. The Morgan fingerprint density at radius 2 is 2.04 bits per heavy atom. The molecule has 26 heavy (non-hydrogen) atoms. The zero-order valence-electron chi connectivity index (χ0n) is 15.7. The van der Waals surface area contributed by atoms with Crippen molar-refractivity contribution in [3.05, 3.63) is 30.2 Å². The van der Waals surface area contributed by atoms with Crippen molar-refractivity contribution < 1.29 is 19.7 Å². The molecule has 1 aromatic rings. The van der Waals surface area contributed by atoms with Gasteiger partial charge in [-0.25, -0.2) is 0 Å². The zero-order valence-corrected chi connectivity index (χ0v) is 15.7.